The van der Waals surface area contributed by atoms with Gasteiger partial charge in [0.25, 0.3) is 0 Å². The van der Waals surface area contributed by atoms with Crippen LogP contribution >= 0.6 is 0 Å². The van der Waals surface area contributed by atoms with Crippen LogP contribution < -0.4 is 15.1 Å². The fourth-order valence-corrected chi connectivity index (χ4v) is 4.84. The number of halogens is 3. The number of morpholine rings is 1. The Balaban J connectivity index is 1.12. The van der Waals surface area contributed by atoms with Gasteiger partial charge in [-0.15, -0.1) is 0 Å². The van der Waals surface area contributed by atoms with Crippen LogP contribution in [0, 0.1) is 0 Å². The molecule has 5 rings (SSSR count). The van der Waals surface area contributed by atoms with Gasteiger partial charge in [0.2, 0.25) is 5.91 Å². The van der Waals surface area contributed by atoms with E-state index in [1.54, 1.807) is 0 Å². The lowest BCUT2D eigenvalue weighted by Crippen LogP contribution is -2.38. The summed E-state index contributed by atoms with van der Waals surface area (Å²) in [5.41, 5.74) is 1.85. The predicted molar refractivity (Wildman–Crippen MR) is 114 cm³/mol. The number of hydrogen-bond acceptors (Lipinski definition) is 5. The van der Waals surface area contributed by atoms with Gasteiger partial charge in [0.05, 0.1) is 37.1 Å². The molecule has 3 atom stereocenters. The number of nitrogens with zero attached hydrogens (tertiary/aromatic N) is 3. The number of pyridine rings is 1. The second-order valence-corrected chi connectivity index (χ2v) is 8.74. The number of amides is 1. The number of ether oxygens (including phenoxy) is 1. The van der Waals surface area contributed by atoms with E-state index in [0.29, 0.717) is 37.3 Å². The predicted octanol–water partition coefficient (Wildman–Crippen LogP) is 3.02. The van der Waals surface area contributed by atoms with Crippen molar-refractivity contribution in [1.29, 1.82) is 0 Å². The quantitative estimate of drug-likeness (QED) is 0.765. The number of hydrogen-bond donors (Lipinski definition) is 1. The van der Waals surface area contributed by atoms with E-state index >= 15 is 0 Å². The number of rotatable bonds is 5. The molecule has 2 aromatic rings. The summed E-state index contributed by atoms with van der Waals surface area (Å²) >= 11 is 0. The molecule has 0 radical (unpaired) electrons. The van der Waals surface area contributed by atoms with Crippen LogP contribution in [0.25, 0.3) is 0 Å². The topological polar surface area (TPSA) is 57.7 Å². The molecule has 3 saturated heterocycles. The first-order valence-electron chi connectivity index (χ1n) is 10.9. The van der Waals surface area contributed by atoms with Crippen LogP contribution in [-0.2, 0) is 22.1 Å². The van der Waals surface area contributed by atoms with E-state index in [9.17, 15) is 18.0 Å². The van der Waals surface area contributed by atoms with Crippen molar-refractivity contribution < 1.29 is 22.7 Å². The van der Waals surface area contributed by atoms with E-state index in [4.69, 9.17) is 4.74 Å². The van der Waals surface area contributed by atoms with Crippen molar-refractivity contribution in [1.82, 2.24) is 10.3 Å². The summed E-state index contributed by atoms with van der Waals surface area (Å²) in [5, 5.41) is 3.05. The maximum atomic E-state index is 12.7. The third kappa shape index (κ3) is 4.39. The van der Waals surface area contributed by atoms with Gasteiger partial charge in [-0.2, -0.15) is 13.2 Å². The van der Waals surface area contributed by atoms with Gasteiger partial charge in [0.1, 0.15) is 5.69 Å². The minimum atomic E-state index is -4.44. The first-order valence-corrected chi connectivity index (χ1v) is 10.9. The SMILES string of the molecule is O=C(Cc1ccc(N2C[C@H]3C[C@@H]2CO3)cc1)N[C@@H]1CCN(c2ccc(C(F)(F)F)nc2)C1. The molecular weight excluding hydrogens is 421 g/mol. The molecule has 9 heteroatoms. The molecule has 3 aliphatic rings. The van der Waals surface area contributed by atoms with Gasteiger partial charge in [0, 0.05) is 31.4 Å². The molecule has 3 aliphatic heterocycles. The maximum Gasteiger partial charge on any atom is 0.433 e. The average molecular weight is 446 g/mol. The molecule has 1 aromatic carbocycles. The molecule has 170 valence electrons. The Bertz CT molecular complexity index is 965. The average Bonchev–Trinajstić information content (AvgIpc) is 3.51. The zero-order chi connectivity index (χ0) is 22.3. The fourth-order valence-electron chi connectivity index (χ4n) is 4.84. The lowest BCUT2D eigenvalue weighted by Gasteiger charge is -2.29. The standard InChI is InChI=1S/C23H25F3N4O2/c24-23(25,26)21-6-5-18(11-27-21)29-8-7-16(12-29)28-22(31)9-15-1-3-17(4-2-15)30-13-20-10-19(30)14-32-20/h1-6,11,16,19-20H,7-10,12-14H2,(H,28,31)/t16-,19-,20-/m1/s1. The van der Waals surface area contributed by atoms with Crippen LogP contribution in [0.15, 0.2) is 42.6 Å². The Labute approximate surface area is 184 Å². The summed E-state index contributed by atoms with van der Waals surface area (Å²) < 4.78 is 43.7. The van der Waals surface area contributed by atoms with Crippen molar-refractivity contribution >= 4 is 17.3 Å². The molecule has 0 aliphatic carbocycles. The molecule has 0 spiro atoms. The molecule has 1 amide bonds. The van der Waals surface area contributed by atoms with Crippen molar-refractivity contribution in [3.8, 4) is 0 Å². The summed E-state index contributed by atoms with van der Waals surface area (Å²) in [6, 6.07) is 11.0. The Morgan fingerprint density at radius 2 is 1.91 bits per heavy atom. The number of alkyl halides is 3. The van der Waals surface area contributed by atoms with E-state index in [-0.39, 0.29) is 11.9 Å². The molecule has 1 N–H and O–H groups in total. The van der Waals surface area contributed by atoms with E-state index in [1.807, 2.05) is 17.0 Å². The highest BCUT2D eigenvalue weighted by atomic mass is 19.4. The van der Waals surface area contributed by atoms with E-state index in [1.165, 1.54) is 18.0 Å². The van der Waals surface area contributed by atoms with Crippen molar-refractivity contribution in [2.45, 2.75) is 43.6 Å². The normalized spacial score (nSPS) is 24.9. The summed E-state index contributed by atoms with van der Waals surface area (Å²) in [5.74, 6) is -0.0521. The Hall–Kier alpha value is -2.81. The summed E-state index contributed by atoms with van der Waals surface area (Å²) in [6.07, 6.45) is -0.729. The highest BCUT2D eigenvalue weighted by Gasteiger charge is 2.39. The van der Waals surface area contributed by atoms with Gasteiger partial charge in [-0.3, -0.25) is 4.79 Å². The number of fused-ring (bicyclic) bond motifs is 2. The van der Waals surface area contributed by atoms with E-state index in [0.717, 1.165) is 37.6 Å². The highest BCUT2D eigenvalue weighted by molar-refractivity contribution is 5.79. The fraction of sp³-hybridized carbons (Fsp3) is 0.478. The number of benzene rings is 1. The number of carbonyl (C=O) groups is 1. The highest BCUT2D eigenvalue weighted by Crippen LogP contribution is 2.32. The minimum Gasteiger partial charge on any atom is -0.374 e. The molecule has 2 bridgehead atoms. The molecule has 1 aromatic heterocycles. The zero-order valence-electron chi connectivity index (χ0n) is 17.5. The van der Waals surface area contributed by atoms with Crippen LogP contribution in [0.1, 0.15) is 24.1 Å². The van der Waals surface area contributed by atoms with E-state index < -0.39 is 11.9 Å². The zero-order valence-corrected chi connectivity index (χ0v) is 17.5. The van der Waals surface area contributed by atoms with Gasteiger partial charge in [-0.05, 0) is 42.7 Å². The van der Waals surface area contributed by atoms with Gasteiger partial charge >= 0.3 is 6.18 Å². The Morgan fingerprint density at radius 1 is 1.12 bits per heavy atom. The largest absolute Gasteiger partial charge is 0.433 e. The monoisotopic (exact) mass is 446 g/mol. The minimum absolute atomic E-state index is 0.0378. The van der Waals surface area contributed by atoms with Gasteiger partial charge in [-0.1, -0.05) is 12.1 Å². The number of anilines is 2. The molecule has 32 heavy (non-hydrogen) atoms. The second-order valence-electron chi connectivity index (χ2n) is 8.74. The molecule has 6 nitrogen and oxygen atoms in total. The van der Waals surface area contributed by atoms with Gasteiger partial charge < -0.3 is 19.9 Å². The molecule has 0 saturated carbocycles. The van der Waals surface area contributed by atoms with Crippen LogP contribution in [0.5, 0.6) is 0 Å². The summed E-state index contributed by atoms with van der Waals surface area (Å²) in [6.45, 7) is 2.93. The Morgan fingerprint density at radius 3 is 2.53 bits per heavy atom. The van der Waals surface area contributed by atoms with Crippen LogP contribution in [0.4, 0.5) is 24.5 Å². The van der Waals surface area contributed by atoms with Crippen LogP contribution in [-0.4, -0.2) is 55.3 Å². The van der Waals surface area contributed by atoms with Crippen LogP contribution in [0.3, 0.4) is 0 Å². The van der Waals surface area contributed by atoms with Gasteiger partial charge in [-0.25, -0.2) is 4.98 Å². The van der Waals surface area contributed by atoms with Crippen molar-refractivity contribution in [3.05, 3.63) is 53.9 Å². The third-order valence-corrected chi connectivity index (χ3v) is 6.49. The molecule has 0 unspecified atom stereocenters. The Kier molecular flexibility index (Phi) is 5.44. The number of nitrogens with one attached hydrogen (secondary N) is 1. The maximum absolute atomic E-state index is 12.7. The third-order valence-electron chi connectivity index (χ3n) is 6.49. The molecule has 4 heterocycles. The lowest BCUT2D eigenvalue weighted by atomic mass is 10.1. The second kappa shape index (κ2) is 8.27. The van der Waals surface area contributed by atoms with Crippen molar-refractivity contribution in [3.63, 3.8) is 0 Å². The van der Waals surface area contributed by atoms with Crippen molar-refractivity contribution in [2.24, 2.45) is 0 Å². The number of carbonyl (C=O) groups excluding carboxylic acids is 1. The smallest absolute Gasteiger partial charge is 0.374 e. The summed E-state index contributed by atoms with van der Waals surface area (Å²) in [4.78, 5) is 20.4. The molecule has 3 fully saturated rings. The van der Waals surface area contributed by atoms with E-state index in [2.05, 4.69) is 27.3 Å². The van der Waals surface area contributed by atoms with Crippen LogP contribution in [0.2, 0.25) is 0 Å². The summed E-state index contributed by atoms with van der Waals surface area (Å²) in [7, 11) is 0. The van der Waals surface area contributed by atoms with Crippen molar-refractivity contribution in [2.75, 3.05) is 36.0 Å². The van der Waals surface area contributed by atoms with Gasteiger partial charge in [0.15, 0.2) is 0 Å². The molecular formula is C23H25F3N4O2. The lowest BCUT2D eigenvalue weighted by molar-refractivity contribution is -0.141. The first-order chi connectivity index (χ1) is 15.3. The first kappa shape index (κ1) is 21.1. The number of aromatic nitrogens is 1.